The van der Waals surface area contributed by atoms with Crippen molar-refractivity contribution >= 4 is 5.96 Å². The number of nitrogens with one attached hydrogen (secondary N) is 1. The van der Waals surface area contributed by atoms with Crippen molar-refractivity contribution in [3.05, 3.63) is 0 Å². The smallest absolute Gasteiger partial charge is 0.193 e. The normalized spacial score (nSPS) is 30.7. The number of guanidine groups is 1. The number of morpholine rings is 1. The van der Waals surface area contributed by atoms with E-state index in [0.29, 0.717) is 0 Å². The molecule has 1 N–H and O–H groups in total. The van der Waals surface area contributed by atoms with Gasteiger partial charge in [-0.2, -0.15) is 0 Å². The molecule has 5 nitrogen and oxygen atoms in total. The third kappa shape index (κ3) is 4.33. The highest BCUT2D eigenvalue weighted by Gasteiger charge is 2.32. The Bertz CT molecular complexity index is 351. The van der Waals surface area contributed by atoms with Gasteiger partial charge in [0.25, 0.3) is 0 Å². The lowest BCUT2D eigenvalue weighted by atomic mass is 10.1. The topological polar surface area (TPSA) is 46.1 Å². The van der Waals surface area contributed by atoms with Crippen LogP contribution >= 0.6 is 0 Å². The van der Waals surface area contributed by atoms with Crippen LogP contribution in [0.15, 0.2) is 4.99 Å². The summed E-state index contributed by atoms with van der Waals surface area (Å²) in [4.78, 5) is 6.77. The Kier molecular flexibility index (Phi) is 5.36. The van der Waals surface area contributed by atoms with Crippen LogP contribution in [-0.4, -0.2) is 63.0 Å². The average molecular weight is 295 g/mol. The summed E-state index contributed by atoms with van der Waals surface area (Å²) in [6.45, 7) is 4.51. The summed E-state index contributed by atoms with van der Waals surface area (Å²) in [7, 11) is 1.87. The Morgan fingerprint density at radius 2 is 2.05 bits per heavy atom. The first-order chi connectivity index (χ1) is 10.4. The highest BCUT2D eigenvalue weighted by atomic mass is 16.5. The maximum absolute atomic E-state index is 5.90. The van der Waals surface area contributed by atoms with Crippen LogP contribution in [0.2, 0.25) is 0 Å². The van der Waals surface area contributed by atoms with E-state index in [0.717, 1.165) is 51.1 Å². The first kappa shape index (κ1) is 15.1. The molecule has 2 aliphatic heterocycles. The monoisotopic (exact) mass is 295 g/mol. The lowest BCUT2D eigenvalue weighted by Crippen LogP contribution is -2.53. The second-order valence-corrected chi connectivity index (χ2v) is 6.47. The molecule has 3 aliphatic rings. The van der Waals surface area contributed by atoms with Crippen molar-refractivity contribution in [1.82, 2.24) is 10.2 Å². The maximum Gasteiger partial charge on any atom is 0.193 e. The summed E-state index contributed by atoms with van der Waals surface area (Å²) in [5.74, 6) is 2.04. The number of nitrogens with zero attached hydrogens (tertiary/aromatic N) is 2. The quantitative estimate of drug-likeness (QED) is 0.476. The number of aliphatic imine (C=N–C) groups is 1. The molecule has 0 aromatic carbocycles. The fourth-order valence-electron chi connectivity index (χ4n) is 3.32. The molecule has 3 rings (SSSR count). The van der Waals surface area contributed by atoms with Crippen molar-refractivity contribution in [1.29, 1.82) is 0 Å². The SMILES string of the molecule is CN=C(NCCCC1CC1)N1CCOC(C2CCCO2)C1. The molecule has 2 unspecified atom stereocenters. The zero-order chi connectivity index (χ0) is 14.5. The van der Waals surface area contributed by atoms with Gasteiger partial charge in [0.2, 0.25) is 0 Å². The largest absolute Gasteiger partial charge is 0.375 e. The number of ether oxygens (including phenoxy) is 2. The van der Waals surface area contributed by atoms with Crippen molar-refractivity contribution in [2.45, 2.75) is 50.7 Å². The fourth-order valence-corrected chi connectivity index (χ4v) is 3.32. The van der Waals surface area contributed by atoms with E-state index in [1.165, 1.54) is 32.1 Å². The van der Waals surface area contributed by atoms with Gasteiger partial charge in [0.15, 0.2) is 5.96 Å². The van der Waals surface area contributed by atoms with Crippen LogP contribution in [0.4, 0.5) is 0 Å². The molecule has 2 saturated heterocycles. The summed E-state index contributed by atoms with van der Waals surface area (Å²) in [6.07, 6.45) is 8.29. The van der Waals surface area contributed by atoms with E-state index in [1.54, 1.807) is 0 Å². The van der Waals surface area contributed by atoms with E-state index in [4.69, 9.17) is 9.47 Å². The fraction of sp³-hybridized carbons (Fsp3) is 0.938. The first-order valence-corrected chi connectivity index (χ1v) is 8.55. The van der Waals surface area contributed by atoms with Crippen LogP contribution in [-0.2, 0) is 9.47 Å². The van der Waals surface area contributed by atoms with E-state index in [9.17, 15) is 0 Å². The van der Waals surface area contributed by atoms with E-state index in [-0.39, 0.29) is 12.2 Å². The zero-order valence-corrected chi connectivity index (χ0v) is 13.2. The minimum Gasteiger partial charge on any atom is -0.375 e. The summed E-state index contributed by atoms with van der Waals surface area (Å²) < 4.78 is 11.7. The second kappa shape index (κ2) is 7.45. The van der Waals surface area contributed by atoms with E-state index < -0.39 is 0 Å². The minimum atomic E-state index is 0.200. The standard InChI is InChI=1S/C16H29N3O2/c1-17-16(18-8-2-4-13-6-7-13)19-9-11-21-15(12-19)14-5-3-10-20-14/h13-15H,2-12H2,1H3,(H,17,18). The molecule has 0 spiro atoms. The van der Waals surface area contributed by atoms with Crippen molar-refractivity contribution < 1.29 is 9.47 Å². The Labute approximate surface area is 128 Å². The second-order valence-electron chi connectivity index (χ2n) is 6.47. The molecule has 120 valence electrons. The Morgan fingerprint density at radius 3 is 2.76 bits per heavy atom. The summed E-state index contributed by atoms with van der Waals surface area (Å²) in [5.41, 5.74) is 0. The molecule has 0 aromatic heterocycles. The third-order valence-electron chi connectivity index (χ3n) is 4.75. The van der Waals surface area contributed by atoms with Crippen LogP contribution in [0.1, 0.15) is 38.5 Å². The minimum absolute atomic E-state index is 0.200. The van der Waals surface area contributed by atoms with Gasteiger partial charge in [0, 0.05) is 33.3 Å². The molecule has 0 aromatic rings. The van der Waals surface area contributed by atoms with Gasteiger partial charge in [-0.15, -0.1) is 0 Å². The van der Waals surface area contributed by atoms with Gasteiger partial charge in [-0.05, 0) is 31.6 Å². The highest BCUT2D eigenvalue weighted by Crippen LogP contribution is 2.33. The summed E-state index contributed by atoms with van der Waals surface area (Å²) in [6, 6.07) is 0. The molecule has 2 atom stereocenters. The Morgan fingerprint density at radius 1 is 1.19 bits per heavy atom. The van der Waals surface area contributed by atoms with Crippen molar-refractivity contribution in [3.63, 3.8) is 0 Å². The summed E-state index contributed by atoms with van der Waals surface area (Å²) >= 11 is 0. The van der Waals surface area contributed by atoms with Gasteiger partial charge in [-0.25, -0.2) is 0 Å². The molecule has 1 saturated carbocycles. The van der Waals surface area contributed by atoms with Crippen LogP contribution in [0.3, 0.4) is 0 Å². The molecule has 21 heavy (non-hydrogen) atoms. The van der Waals surface area contributed by atoms with Gasteiger partial charge in [0.05, 0.1) is 12.7 Å². The van der Waals surface area contributed by atoms with Crippen molar-refractivity contribution in [2.24, 2.45) is 10.9 Å². The first-order valence-electron chi connectivity index (χ1n) is 8.55. The Hall–Kier alpha value is -0.810. The van der Waals surface area contributed by atoms with Crippen LogP contribution < -0.4 is 5.32 Å². The molecule has 0 bridgehead atoms. The zero-order valence-electron chi connectivity index (χ0n) is 13.2. The van der Waals surface area contributed by atoms with Crippen LogP contribution in [0.5, 0.6) is 0 Å². The number of rotatable bonds is 5. The molecule has 2 heterocycles. The van der Waals surface area contributed by atoms with Gasteiger partial charge in [-0.3, -0.25) is 4.99 Å². The van der Waals surface area contributed by atoms with Crippen molar-refractivity contribution in [3.8, 4) is 0 Å². The molecule has 5 heteroatoms. The van der Waals surface area contributed by atoms with E-state index in [1.807, 2.05) is 7.05 Å². The van der Waals surface area contributed by atoms with Crippen LogP contribution in [0, 0.1) is 5.92 Å². The average Bonchev–Trinajstić information content (AvgIpc) is 3.18. The number of hydrogen-bond donors (Lipinski definition) is 1. The lowest BCUT2D eigenvalue weighted by molar-refractivity contribution is -0.0816. The Balaban J connectivity index is 1.43. The summed E-state index contributed by atoms with van der Waals surface area (Å²) in [5, 5.41) is 3.51. The van der Waals surface area contributed by atoms with Gasteiger partial charge in [-0.1, -0.05) is 12.8 Å². The molecule has 0 radical (unpaired) electrons. The molecular formula is C16H29N3O2. The predicted octanol–water partition coefficient (Wildman–Crippen LogP) is 1.63. The number of hydrogen-bond acceptors (Lipinski definition) is 3. The van der Waals surface area contributed by atoms with Gasteiger partial charge >= 0.3 is 0 Å². The third-order valence-corrected chi connectivity index (χ3v) is 4.75. The van der Waals surface area contributed by atoms with Gasteiger partial charge in [0.1, 0.15) is 6.10 Å². The highest BCUT2D eigenvalue weighted by molar-refractivity contribution is 5.80. The molecular weight excluding hydrogens is 266 g/mol. The lowest BCUT2D eigenvalue weighted by Gasteiger charge is -2.37. The predicted molar refractivity (Wildman–Crippen MR) is 83.6 cm³/mol. The van der Waals surface area contributed by atoms with Gasteiger partial charge < -0.3 is 19.7 Å². The maximum atomic E-state index is 5.90. The van der Waals surface area contributed by atoms with E-state index >= 15 is 0 Å². The molecule has 1 aliphatic carbocycles. The van der Waals surface area contributed by atoms with Crippen LogP contribution in [0.25, 0.3) is 0 Å². The molecule has 0 amide bonds. The molecule has 3 fully saturated rings. The van der Waals surface area contributed by atoms with E-state index in [2.05, 4.69) is 15.2 Å². The van der Waals surface area contributed by atoms with Crippen molar-refractivity contribution in [2.75, 3.05) is 39.9 Å².